The Hall–Kier alpha value is -2.09. The van der Waals surface area contributed by atoms with E-state index >= 15 is 0 Å². The number of ether oxygens (including phenoxy) is 1. The molecule has 2 fully saturated rings. The number of amides is 1. The Balaban J connectivity index is 1.56. The molecule has 2 heterocycles. The third-order valence-electron chi connectivity index (χ3n) is 7.19. The second kappa shape index (κ2) is 11.3. The number of piperidine rings is 2. The Morgan fingerprint density at radius 2 is 1.66 bits per heavy atom. The summed E-state index contributed by atoms with van der Waals surface area (Å²) in [6.45, 7) is 4.57. The number of likely N-dealkylation sites (tertiary alicyclic amines) is 1. The van der Waals surface area contributed by atoms with E-state index < -0.39 is 15.4 Å². The summed E-state index contributed by atoms with van der Waals surface area (Å²) in [7, 11) is -3.67. The van der Waals surface area contributed by atoms with Gasteiger partial charge < -0.3 is 9.64 Å². The highest BCUT2D eigenvalue weighted by Gasteiger charge is 2.43. The van der Waals surface area contributed by atoms with Crippen LogP contribution in [0.5, 0.6) is 5.75 Å². The zero-order valence-corrected chi connectivity index (χ0v) is 22.0. The Morgan fingerprint density at radius 1 is 0.971 bits per heavy atom. The molecule has 35 heavy (non-hydrogen) atoms. The molecule has 2 aliphatic heterocycles. The van der Waals surface area contributed by atoms with Crippen LogP contribution in [-0.4, -0.2) is 56.3 Å². The zero-order chi connectivity index (χ0) is 24.9. The number of benzene rings is 2. The van der Waals surface area contributed by atoms with Crippen LogP contribution in [0.1, 0.15) is 51.0 Å². The zero-order valence-electron chi connectivity index (χ0n) is 20.4. The summed E-state index contributed by atoms with van der Waals surface area (Å²) in [6, 6.07) is 14.2. The number of nitrogens with zero attached hydrogens (tertiary/aromatic N) is 2. The fraction of sp³-hybridized carbons (Fsp3) is 0.519. The molecule has 0 unspecified atom stereocenters. The van der Waals surface area contributed by atoms with Gasteiger partial charge in [-0.1, -0.05) is 30.7 Å². The van der Waals surface area contributed by atoms with Crippen LogP contribution in [-0.2, 0) is 21.2 Å². The molecule has 4 rings (SSSR count). The van der Waals surface area contributed by atoms with Crippen molar-refractivity contribution in [3.8, 4) is 5.75 Å². The smallest absolute Gasteiger partial charge is 0.243 e. The highest BCUT2D eigenvalue weighted by molar-refractivity contribution is 7.89. The monoisotopic (exact) mass is 518 g/mol. The largest absolute Gasteiger partial charge is 0.493 e. The van der Waals surface area contributed by atoms with Gasteiger partial charge in [-0.05, 0) is 80.5 Å². The number of carbonyl (C=O) groups is 1. The molecule has 1 atom stereocenters. The van der Waals surface area contributed by atoms with Gasteiger partial charge in [-0.15, -0.1) is 0 Å². The Labute approximate surface area is 214 Å². The molecular weight excluding hydrogens is 484 g/mol. The maximum Gasteiger partial charge on any atom is 0.243 e. The van der Waals surface area contributed by atoms with Gasteiger partial charge >= 0.3 is 0 Å². The van der Waals surface area contributed by atoms with Crippen LogP contribution < -0.4 is 4.74 Å². The summed E-state index contributed by atoms with van der Waals surface area (Å²) < 4.78 is 34.8. The van der Waals surface area contributed by atoms with Gasteiger partial charge in [0.2, 0.25) is 15.9 Å². The standard InChI is InChI=1S/C27H35ClN2O4S/c1-2-22-7-13-25(14-8-22)35(32,33)30-18-6-15-27(20-30,19-26(31)29-16-4-3-5-17-29)21-34-24-11-9-23(28)10-12-24/h7-14H,2-6,15-21H2,1H3/t27-/m1/s1. The molecule has 2 aromatic carbocycles. The fourth-order valence-electron chi connectivity index (χ4n) is 5.07. The van der Waals surface area contributed by atoms with Crippen molar-refractivity contribution in [1.82, 2.24) is 9.21 Å². The molecule has 190 valence electrons. The van der Waals surface area contributed by atoms with E-state index in [4.69, 9.17) is 16.3 Å². The molecule has 0 N–H and O–H groups in total. The molecule has 0 saturated carbocycles. The predicted octanol–water partition coefficient (Wildman–Crippen LogP) is 5.15. The van der Waals surface area contributed by atoms with Crippen molar-refractivity contribution < 1.29 is 17.9 Å². The van der Waals surface area contributed by atoms with Crippen LogP contribution in [0, 0.1) is 5.41 Å². The minimum atomic E-state index is -3.67. The first kappa shape index (κ1) is 26.0. The molecule has 1 amide bonds. The first-order valence-electron chi connectivity index (χ1n) is 12.6. The Kier molecular flexibility index (Phi) is 8.40. The van der Waals surface area contributed by atoms with Crippen molar-refractivity contribution in [3.05, 3.63) is 59.1 Å². The van der Waals surface area contributed by atoms with Gasteiger partial charge in [-0.2, -0.15) is 4.31 Å². The average molecular weight is 519 g/mol. The van der Waals surface area contributed by atoms with E-state index in [9.17, 15) is 13.2 Å². The second-order valence-electron chi connectivity index (χ2n) is 9.80. The number of aryl methyl sites for hydroxylation is 1. The maximum absolute atomic E-state index is 13.5. The van der Waals surface area contributed by atoms with Crippen LogP contribution in [0.4, 0.5) is 0 Å². The quantitative estimate of drug-likeness (QED) is 0.484. The summed E-state index contributed by atoms with van der Waals surface area (Å²) in [5.41, 5.74) is 0.503. The molecule has 6 nitrogen and oxygen atoms in total. The summed E-state index contributed by atoms with van der Waals surface area (Å²) >= 11 is 6.01. The molecule has 0 aliphatic carbocycles. The number of sulfonamides is 1. The fourth-order valence-corrected chi connectivity index (χ4v) is 6.79. The van der Waals surface area contributed by atoms with Gasteiger partial charge in [0.05, 0.1) is 11.5 Å². The lowest BCUT2D eigenvalue weighted by Crippen LogP contribution is -2.51. The van der Waals surface area contributed by atoms with Gasteiger partial charge in [-0.3, -0.25) is 4.79 Å². The molecular formula is C27H35ClN2O4S. The van der Waals surface area contributed by atoms with E-state index in [1.54, 1.807) is 40.7 Å². The van der Waals surface area contributed by atoms with E-state index in [-0.39, 0.29) is 25.5 Å². The predicted molar refractivity (Wildman–Crippen MR) is 138 cm³/mol. The van der Waals surface area contributed by atoms with Crippen molar-refractivity contribution in [2.24, 2.45) is 5.41 Å². The van der Waals surface area contributed by atoms with Crippen molar-refractivity contribution in [1.29, 1.82) is 0 Å². The molecule has 0 spiro atoms. The minimum absolute atomic E-state index is 0.0935. The number of carbonyl (C=O) groups excluding carboxylic acids is 1. The van der Waals surface area contributed by atoms with Gasteiger partial charge in [0.1, 0.15) is 5.75 Å². The van der Waals surface area contributed by atoms with E-state index in [2.05, 4.69) is 0 Å². The van der Waals surface area contributed by atoms with Crippen LogP contribution in [0.2, 0.25) is 5.02 Å². The third kappa shape index (κ3) is 6.38. The molecule has 0 aromatic heterocycles. The minimum Gasteiger partial charge on any atom is -0.493 e. The van der Waals surface area contributed by atoms with Crippen LogP contribution in [0.15, 0.2) is 53.4 Å². The van der Waals surface area contributed by atoms with Crippen molar-refractivity contribution in [2.75, 3.05) is 32.8 Å². The van der Waals surface area contributed by atoms with Gasteiger partial charge in [0.25, 0.3) is 0 Å². The lowest BCUT2D eigenvalue weighted by atomic mass is 9.78. The average Bonchev–Trinajstić information content (AvgIpc) is 2.89. The first-order chi connectivity index (χ1) is 16.8. The molecule has 2 saturated heterocycles. The van der Waals surface area contributed by atoms with Gasteiger partial charge in [0.15, 0.2) is 0 Å². The summed E-state index contributed by atoms with van der Waals surface area (Å²) in [6.07, 6.45) is 5.75. The highest BCUT2D eigenvalue weighted by atomic mass is 35.5. The van der Waals surface area contributed by atoms with E-state index in [1.807, 2.05) is 24.0 Å². The summed E-state index contributed by atoms with van der Waals surface area (Å²) in [5.74, 6) is 0.755. The molecule has 2 aromatic rings. The van der Waals surface area contributed by atoms with Crippen molar-refractivity contribution in [2.45, 2.75) is 56.8 Å². The Morgan fingerprint density at radius 3 is 2.31 bits per heavy atom. The molecule has 0 radical (unpaired) electrons. The SMILES string of the molecule is CCc1ccc(S(=O)(=O)N2CCC[C@@](COc3ccc(Cl)cc3)(CC(=O)N3CCCCC3)C2)cc1. The van der Waals surface area contributed by atoms with Gasteiger partial charge in [-0.25, -0.2) is 8.42 Å². The van der Waals surface area contributed by atoms with E-state index in [0.717, 1.165) is 50.8 Å². The first-order valence-corrected chi connectivity index (χ1v) is 14.4. The Bertz CT molecular complexity index is 1100. The van der Waals surface area contributed by atoms with Crippen molar-refractivity contribution >= 4 is 27.5 Å². The highest BCUT2D eigenvalue weighted by Crippen LogP contribution is 2.38. The third-order valence-corrected chi connectivity index (χ3v) is 9.30. The summed E-state index contributed by atoms with van der Waals surface area (Å²) in [5, 5.41) is 0.622. The lowest BCUT2D eigenvalue weighted by Gasteiger charge is -2.42. The molecule has 8 heteroatoms. The molecule has 2 aliphatic rings. The van der Waals surface area contributed by atoms with Gasteiger partial charge in [0, 0.05) is 43.0 Å². The number of rotatable bonds is 8. The van der Waals surface area contributed by atoms with Crippen LogP contribution in [0.3, 0.4) is 0 Å². The normalized spacial score (nSPS) is 21.6. The summed E-state index contributed by atoms with van der Waals surface area (Å²) in [4.78, 5) is 15.5. The lowest BCUT2D eigenvalue weighted by molar-refractivity contribution is -0.136. The molecule has 0 bridgehead atoms. The second-order valence-corrected chi connectivity index (χ2v) is 12.2. The van der Waals surface area contributed by atoms with Crippen molar-refractivity contribution in [3.63, 3.8) is 0 Å². The van der Waals surface area contributed by atoms with Crippen LogP contribution >= 0.6 is 11.6 Å². The number of halogens is 1. The number of hydrogen-bond donors (Lipinski definition) is 0. The van der Waals surface area contributed by atoms with E-state index in [1.165, 1.54) is 0 Å². The number of hydrogen-bond acceptors (Lipinski definition) is 4. The van der Waals surface area contributed by atoms with Crippen LogP contribution in [0.25, 0.3) is 0 Å². The van der Waals surface area contributed by atoms with E-state index in [0.29, 0.717) is 28.6 Å². The topological polar surface area (TPSA) is 66.9 Å². The maximum atomic E-state index is 13.5.